The van der Waals surface area contributed by atoms with Gasteiger partial charge in [-0.15, -0.1) is 0 Å². The Balaban J connectivity index is 2.11. The number of rotatable bonds is 6. The van der Waals surface area contributed by atoms with Gasteiger partial charge in [-0.05, 0) is 49.7 Å². The van der Waals surface area contributed by atoms with E-state index in [1.54, 1.807) is 37.3 Å². The van der Waals surface area contributed by atoms with Crippen LogP contribution in [0.2, 0.25) is 0 Å². The van der Waals surface area contributed by atoms with E-state index in [1.807, 2.05) is 0 Å². The lowest BCUT2D eigenvalue weighted by Crippen LogP contribution is -2.26. The molecule has 0 radical (unpaired) electrons. The number of hydrogen-bond donors (Lipinski definition) is 2. The molecule has 5 nitrogen and oxygen atoms in total. The first kappa shape index (κ1) is 17.9. The van der Waals surface area contributed by atoms with Crippen LogP contribution in [0.25, 0.3) is 0 Å². The summed E-state index contributed by atoms with van der Waals surface area (Å²) in [5, 5.41) is 2.80. The number of amides is 1. The van der Waals surface area contributed by atoms with Gasteiger partial charge in [0.15, 0.2) is 0 Å². The Hall–Kier alpha value is -2.41. The van der Waals surface area contributed by atoms with Gasteiger partial charge in [0.25, 0.3) is 5.91 Å². The third-order valence-corrected chi connectivity index (χ3v) is 4.80. The molecule has 1 amide bonds. The first-order valence-electron chi connectivity index (χ1n) is 7.47. The van der Waals surface area contributed by atoms with Crippen molar-refractivity contribution in [3.8, 4) is 0 Å². The molecular formula is C17H19FN2O3S. The number of benzene rings is 2. The summed E-state index contributed by atoms with van der Waals surface area (Å²) in [7, 11) is -3.40. The van der Waals surface area contributed by atoms with E-state index in [0.29, 0.717) is 11.3 Å². The average Bonchev–Trinajstić information content (AvgIpc) is 2.55. The van der Waals surface area contributed by atoms with Gasteiger partial charge in [0.1, 0.15) is 5.82 Å². The molecule has 0 spiro atoms. The standard InChI is InChI=1S/C17H19FN2O3S/c1-3-24(22,23)20-16-6-4-5-14(11-16)17(21)19-12(2)13-7-9-15(18)10-8-13/h4-12,20H,3H2,1-2H3,(H,19,21)/t12-/m0/s1. The number of anilines is 1. The zero-order valence-corrected chi connectivity index (χ0v) is 14.2. The molecule has 0 saturated heterocycles. The molecular weight excluding hydrogens is 331 g/mol. The number of nitrogens with one attached hydrogen (secondary N) is 2. The topological polar surface area (TPSA) is 75.3 Å². The van der Waals surface area contributed by atoms with Gasteiger partial charge >= 0.3 is 0 Å². The predicted molar refractivity (Wildman–Crippen MR) is 91.8 cm³/mol. The van der Waals surface area contributed by atoms with E-state index in [1.165, 1.54) is 25.1 Å². The summed E-state index contributed by atoms with van der Waals surface area (Å²) in [5.41, 5.74) is 1.44. The van der Waals surface area contributed by atoms with Gasteiger partial charge in [0.2, 0.25) is 10.0 Å². The molecule has 0 aliphatic rings. The van der Waals surface area contributed by atoms with Crippen molar-refractivity contribution in [1.82, 2.24) is 5.32 Å². The number of halogens is 1. The van der Waals surface area contributed by atoms with E-state index in [4.69, 9.17) is 0 Å². The third-order valence-electron chi connectivity index (χ3n) is 3.50. The molecule has 2 aromatic rings. The number of carbonyl (C=O) groups excluding carboxylic acids is 1. The SMILES string of the molecule is CCS(=O)(=O)Nc1cccc(C(=O)N[C@@H](C)c2ccc(F)cc2)c1. The van der Waals surface area contributed by atoms with E-state index in [-0.39, 0.29) is 23.5 Å². The molecule has 0 aliphatic carbocycles. The maximum atomic E-state index is 12.9. The van der Waals surface area contributed by atoms with Crippen molar-refractivity contribution < 1.29 is 17.6 Å². The summed E-state index contributed by atoms with van der Waals surface area (Å²) in [5.74, 6) is -0.733. The largest absolute Gasteiger partial charge is 0.346 e. The fourth-order valence-electron chi connectivity index (χ4n) is 2.09. The molecule has 0 bridgehead atoms. The summed E-state index contributed by atoms with van der Waals surface area (Å²) in [6.45, 7) is 3.32. The van der Waals surface area contributed by atoms with Crippen molar-refractivity contribution in [2.45, 2.75) is 19.9 Å². The first-order chi connectivity index (χ1) is 11.3. The lowest BCUT2D eigenvalue weighted by atomic mass is 10.1. The normalized spacial score (nSPS) is 12.5. The summed E-state index contributed by atoms with van der Waals surface area (Å²) >= 11 is 0. The molecule has 128 valence electrons. The minimum Gasteiger partial charge on any atom is -0.346 e. The summed E-state index contributed by atoms with van der Waals surface area (Å²) in [4.78, 5) is 12.3. The quantitative estimate of drug-likeness (QED) is 0.841. The minimum absolute atomic E-state index is 0.0506. The molecule has 0 aromatic heterocycles. The Morgan fingerprint density at radius 1 is 1.17 bits per heavy atom. The van der Waals surface area contributed by atoms with E-state index in [2.05, 4.69) is 10.0 Å². The zero-order chi connectivity index (χ0) is 17.7. The zero-order valence-electron chi connectivity index (χ0n) is 13.4. The highest BCUT2D eigenvalue weighted by Gasteiger charge is 2.13. The summed E-state index contributed by atoms with van der Waals surface area (Å²) in [6.07, 6.45) is 0. The fourth-order valence-corrected chi connectivity index (χ4v) is 2.72. The number of hydrogen-bond acceptors (Lipinski definition) is 3. The van der Waals surface area contributed by atoms with Gasteiger partial charge in [0.05, 0.1) is 11.8 Å². The Labute approximate surface area is 141 Å². The van der Waals surface area contributed by atoms with Crippen molar-refractivity contribution in [1.29, 1.82) is 0 Å². The predicted octanol–water partition coefficient (Wildman–Crippen LogP) is 3.08. The molecule has 0 saturated carbocycles. The molecule has 1 atom stereocenters. The van der Waals surface area contributed by atoms with Crippen LogP contribution in [0.5, 0.6) is 0 Å². The van der Waals surface area contributed by atoms with E-state index < -0.39 is 10.0 Å². The lowest BCUT2D eigenvalue weighted by Gasteiger charge is -2.15. The Bertz CT molecular complexity index is 820. The third kappa shape index (κ3) is 4.79. The number of sulfonamides is 1. The van der Waals surface area contributed by atoms with Gasteiger partial charge in [0, 0.05) is 11.3 Å². The molecule has 2 N–H and O–H groups in total. The summed E-state index contributed by atoms with van der Waals surface area (Å²) in [6, 6.07) is 11.8. The van der Waals surface area contributed by atoms with Gasteiger partial charge in [-0.25, -0.2) is 12.8 Å². The maximum Gasteiger partial charge on any atom is 0.251 e. The van der Waals surface area contributed by atoms with Crippen LogP contribution in [0.1, 0.15) is 35.8 Å². The smallest absolute Gasteiger partial charge is 0.251 e. The Morgan fingerprint density at radius 2 is 1.83 bits per heavy atom. The molecule has 0 unspecified atom stereocenters. The van der Waals surface area contributed by atoms with Crippen LogP contribution < -0.4 is 10.0 Å². The van der Waals surface area contributed by atoms with Crippen LogP contribution >= 0.6 is 0 Å². The highest BCUT2D eigenvalue weighted by Crippen LogP contribution is 2.16. The van der Waals surface area contributed by atoms with Crippen LogP contribution in [-0.2, 0) is 10.0 Å². The minimum atomic E-state index is -3.40. The van der Waals surface area contributed by atoms with Crippen LogP contribution in [0, 0.1) is 5.82 Å². The average molecular weight is 350 g/mol. The second-order valence-electron chi connectivity index (χ2n) is 5.33. The van der Waals surface area contributed by atoms with Crippen molar-refractivity contribution >= 4 is 21.6 Å². The van der Waals surface area contributed by atoms with E-state index >= 15 is 0 Å². The molecule has 2 aromatic carbocycles. The van der Waals surface area contributed by atoms with Crippen LogP contribution in [-0.4, -0.2) is 20.1 Å². The summed E-state index contributed by atoms with van der Waals surface area (Å²) < 4.78 is 38.5. The van der Waals surface area contributed by atoms with Crippen LogP contribution in [0.15, 0.2) is 48.5 Å². The van der Waals surface area contributed by atoms with Gasteiger partial charge in [-0.1, -0.05) is 18.2 Å². The van der Waals surface area contributed by atoms with Gasteiger partial charge in [-0.2, -0.15) is 0 Å². The molecule has 7 heteroatoms. The maximum absolute atomic E-state index is 12.9. The molecule has 2 rings (SSSR count). The number of carbonyl (C=O) groups is 1. The second-order valence-corrected chi connectivity index (χ2v) is 7.34. The Kier molecular flexibility index (Phi) is 5.56. The fraction of sp³-hybridized carbons (Fsp3) is 0.235. The highest BCUT2D eigenvalue weighted by atomic mass is 32.2. The Morgan fingerprint density at radius 3 is 2.46 bits per heavy atom. The molecule has 24 heavy (non-hydrogen) atoms. The van der Waals surface area contributed by atoms with Crippen LogP contribution in [0.4, 0.5) is 10.1 Å². The molecule has 0 aliphatic heterocycles. The molecule has 0 fully saturated rings. The van der Waals surface area contributed by atoms with Gasteiger partial charge in [-0.3, -0.25) is 9.52 Å². The monoisotopic (exact) mass is 350 g/mol. The molecule has 0 heterocycles. The van der Waals surface area contributed by atoms with Gasteiger partial charge < -0.3 is 5.32 Å². The first-order valence-corrected chi connectivity index (χ1v) is 9.13. The van der Waals surface area contributed by atoms with E-state index in [9.17, 15) is 17.6 Å². The van der Waals surface area contributed by atoms with Crippen molar-refractivity contribution in [3.05, 3.63) is 65.5 Å². The van der Waals surface area contributed by atoms with Crippen molar-refractivity contribution in [2.75, 3.05) is 10.5 Å². The highest BCUT2D eigenvalue weighted by molar-refractivity contribution is 7.92. The van der Waals surface area contributed by atoms with Crippen molar-refractivity contribution in [2.24, 2.45) is 0 Å². The van der Waals surface area contributed by atoms with E-state index in [0.717, 1.165) is 5.56 Å². The van der Waals surface area contributed by atoms with Crippen LogP contribution in [0.3, 0.4) is 0 Å². The lowest BCUT2D eigenvalue weighted by molar-refractivity contribution is 0.0940. The second kappa shape index (κ2) is 7.44. The van der Waals surface area contributed by atoms with Crippen molar-refractivity contribution in [3.63, 3.8) is 0 Å².